The van der Waals surface area contributed by atoms with E-state index in [0.29, 0.717) is 29.5 Å². The molecule has 0 radical (unpaired) electrons. The number of hydrogen-bond donors (Lipinski definition) is 0. The molecular weight excluding hydrogens is 915 g/mol. The predicted molar refractivity (Wildman–Crippen MR) is 314 cm³/mol. The van der Waals surface area contributed by atoms with Crippen LogP contribution in [-0.4, -0.2) is 20.8 Å². The van der Waals surface area contributed by atoms with Gasteiger partial charge in [-0.25, -0.2) is 4.98 Å². The summed E-state index contributed by atoms with van der Waals surface area (Å²) in [6.45, 7) is 11.9. The molecule has 6 nitrogen and oxygen atoms in total. The van der Waals surface area contributed by atoms with Crippen molar-refractivity contribution in [2.45, 2.75) is 59.2 Å². The van der Waals surface area contributed by atoms with Gasteiger partial charge in [0.05, 0.1) is 33.4 Å². The first-order valence-corrected chi connectivity index (χ1v) is 25.9. The Morgan fingerprint density at radius 3 is 1.75 bits per heavy atom. The maximum Gasteiger partial charge on any atom is 0.137 e. The summed E-state index contributed by atoms with van der Waals surface area (Å²) < 4.78 is 37.9. The number of fused-ring (bicyclic) bond motifs is 7. The van der Waals surface area contributed by atoms with E-state index in [1.165, 1.54) is 22.2 Å². The Bertz CT molecular complexity index is 4280. The summed E-state index contributed by atoms with van der Waals surface area (Å²) in [5.41, 5.74) is 15.8. The van der Waals surface area contributed by atoms with Crippen molar-refractivity contribution in [2.24, 2.45) is 0 Å². The molecule has 75 heavy (non-hydrogen) atoms. The molecule has 12 aromatic rings. The van der Waals surface area contributed by atoms with E-state index < -0.39 is 6.85 Å². The highest BCUT2D eigenvalue weighted by Gasteiger charge is 2.30. The van der Waals surface area contributed by atoms with Gasteiger partial charge in [0.25, 0.3) is 0 Å². The van der Waals surface area contributed by atoms with Gasteiger partial charge in [-0.05, 0) is 148 Å². The van der Waals surface area contributed by atoms with Crippen molar-refractivity contribution >= 4 is 66.4 Å². The first-order valence-electron chi connectivity index (χ1n) is 27.4. The van der Waals surface area contributed by atoms with Gasteiger partial charge in [-0.15, -0.1) is 0 Å². The number of anilines is 4. The Morgan fingerprint density at radius 2 is 1.01 bits per heavy atom. The first kappa shape index (κ1) is 42.6. The molecule has 1 aliphatic heterocycles. The van der Waals surface area contributed by atoms with Crippen LogP contribution in [0.3, 0.4) is 0 Å². The fourth-order valence-electron chi connectivity index (χ4n) is 11.1. The third-order valence-electron chi connectivity index (χ3n) is 15.0. The maximum absolute atomic E-state index is 8.93. The second kappa shape index (κ2) is 17.7. The van der Waals surface area contributed by atoms with Gasteiger partial charge in [0.2, 0.25) is 0 Å². The molecule has 0 saturated carbocycles. The predicted octanol–water partition coefficient (Wildman–Crippen LogP) is 18.6. The molecule has 0 unspecified atom stereocenters. The standard InChI is InChI=1S/C69H59N5O/c1-45-35-67(70-43-60(45)48-20-17-19-46(36-48)47-31-34-63-59(37-47)57-26-12-13-27-61(57)73(63)51-21-9-8-10-22-51)74-62-28-14-11-25-56(62)58-33-32-55(42-66(58)74)75-54-24-18-23-52(41-54)71-44-72(65-30-16-15-29-64(65)71)53-39-49(68(2,3)4)38-50(40-53)69(5,6)7/h8-43H,44H2,1-7H3/i1D3. The minimum atomic E-state index is -2.45. The Hall–Kier alpha value is -8.87. The van der Waals surface area contributed by atoms with Gasteiger partial charge in [0.15, 0.2) is 0 Å². The zero-order chi connectivity index (χ0) is 53.7. The van der Waals surface area contributed by atoms with Crippen molar-refractivity contribution < 1.29 is 8.85 Å². The molecule has 0 bridgehead atoms. The minimum absolute atomic E-state index is 0.0138. The Balaban J connectivity index is 0.840. The molecule has 0 spiro atoms. The molecule has 4 heterocycles. The molecule has 366 valence electrons. The van der Waals surface area contributed by atoms with E-state index >= 15 is 0 Å². The van der Waals surface area contributed by atoms with E-state index in [0.717, 1.165) is 77.7 Å². The van der Waals surface area contributed by atoms with Crippen LogP contribution in [0.4, 0.5) is 22.7 Å². The fourth-order valence-corrected chi connectivity index (χ4v) is 11.1. The van der Waals surface area contributed by atoms with Crippen molar-refractivity contribution in [3.05, 3.63) is 235 Å². The van der Waals surface area contributed by atoms with Gasteiger partial charge in [-0.1, -0.05) is 145 Å². The second-order valence-electron chi connectivity index (χ2n) is 22.0. The summed E-state index contributed by atoms with van der Waals surface area (Å²) >= 11 is 0. The van der Waals surface area contributed by atoms with E-state index in [2.05, 4.69) is 212 Å². The summed E-state index contributed by atoms with van der Waals surface area (Å²) in [5, 5.41) is 4.34. The van der Waals surface area contributed by atoms with E-state index in [9.17, 15) is 0 Å². The smallest absolute Gasteiger partial charge is 0.137 e. The van der Waals surface area contributed by atoms with Crippen LogP contribution in [-0.2, 0) is 10.8 Å². The lowest BCUT2D eigenvalue weighted by Crippen LogP contribution is -2.25. The van der Waals surface area contributed by atoms with Crippen LogP contribution in [0.25, 0.3) is 77.4 Å². The maximum atomic E-state index is 8.93. The van der Waals surface area contributed by atoms with E-state index in [1.807, 2.05) is 54.6 Å². The monoisotopic (exact) mass is 976 g/mol. The zero-order valence-electron chi connectivity index (χ0n) is 46.1. The highest BCUT2D eigenvalue weighted by Crippen LogP contribution is 2.47. The lowest BCUT2D eigenvalue weighted by molar-refractivity contribution is 0.483. The lowest BCUT2D eigenvalue weighted by Gasteiger charge is -2.29. The van der Waals surface area contributed by atoms with Crippen molar-refractivity contribution in [3.63, 3.8) is 0 Å². The fraction of sp³-hybridized carbons (Fsp3) is 0.145. The van der Waals surface area contributed by atoms with Gasteiger partial charge in [-0.2, -0.15) is 0 Å². The van der Waals surface area contributed by atoms with Crippen LogP contribution in [0.1, 0.15) is 62.3 Å². The topological polar surface area (TPSA) is 38.5 Å². The molecule has 1 aliphatic rings. The van der Waals surface area contributed by atoms with Crippen LogP contribution >= 0.6 is 0 Å². The molecule has 0 aliphatic carbocycles. The Kier molecular flexibility index (Phi) is 10.0. The van der Waals surface area contributed by atoms with Crippen molar-refractivity contribution in [3.8, 4) is 45.3 Å². The minimum Gasteiger partial charge on any atom is -0.457 e. The molecule has 3 aromatic heterocycles. The lowest BCUT2D eigenvalue weighted by atomic mass is 9.80. The number of hydrogen-bond acceptors (Lipinski definition) is 4. The molecule has 0 N–H and O–H groups in total. The first-order chi connectivity index (χ1) is 37.5. The molecule has 0 atom stereocenters. The van der Waals surface area contributed by atoms with Gasteiger partial charge in [0.1, 0.15) is 24.0 Å². The molecule has 6 heteroatoms. The molecule has 9 aromatic carbocycles. The van der Waals surface area contributed by atoms with E-state index in [4.69, 9.17) is 13.8 Å². The van der Waals surface area contributed by atoms with Crippen LogP contribution < -0.4 is 14.5 Å². The summed E-state index contributed by atoms with van der Waals surface area (Å²) in [6.07, 6.45) is 1.72. The number of aryl methyl sites for hydroxylation is 1. The number of nitrogens with zero attached hydrogens (tertiary/aromatic N) is 5. The number of benzene rings is 9. The highest BCUT2D eigenvalue weighted by atomic mass is 16.5. The second-order valence-corrected chi connectivity index (χ2v) is 22.0. The van der Waals surface area contributed by atoms with Crippen molar-refractivity contribution in [2.75, 3.05) is 16.5 Å². The zero-order valence-corrected chi connectivity index (χ0v) is 43.1. The van der Waals surface area contributed by atoms with Gasteiger partial charge in [-0.3, -0.25) is 4.57 Å². The van der Waals surface area contributed by atoms with E-state index in [-0.39, 0.29) is 16.4 Å². The number of rotatable bonds is 8. The average Bonchev–Trinajstić information content (AvgIpc) is 4.33. The summed E-state index contributed by atoms with van der Waals surface area (Å²) in [6, 6.07) is 73.7. The van der Waals surface area contributed by atoms with Crippen LogP contribution in [0.15, 0.2) is 219 Å². The third-order valence-corrected chi connectivity index (χ3v) is 15.0. The van der Waals surface area contributed by atoms with Crippen LogP contribution in [0, 0.1) is 6.85 Å². The normalized spacial score (nSPS) is 13.7. The third kappa shape index (κ3) is 8.09. The van der Waals surface area contributed by atoms with Crippen molar-refractivity contribution in [1.29, 1.82) is 0 Å². The van der Waals surface area contributed by atoms with Crippen LogP contribution in [0.5, 0.6) is 11.5 Å². The average molecular weight is 977 g/mol. The molecular formula is C69H59N5O. The van der Waals surface area contributed by atoms with E-state index in [1.54, 1.807) is 12.3 Å². The quantitative estimate of drug-likeness (QED) is 0.152. The Labute approximate surface area is 443 Å². The number of pyridine rings is 1. The number of para-hydroxylation sites is 5. The van der Waals surface area contributed by atoms with Crippen molar-refractivity contribution in [1.82, 2.24) is 14.1 Å². The number of aromatic nitrogens is 3. The largest absolute Gasteiger partial charge is 0.457 e. The molecule has 13 rings (SSSR count). The molecule has 0 saturated heterocycles. The number of ether oxygens (including phenoxy) is 1. The van der Waals surface area contributed by atoms with Gasteiger partial charge in [0, 0.05) is 66.6 Å². The summed E-state index contributed by atoms with van der Waals surface area (Å²) in [4.78, 5) is 9.86. The highest BCUT2D eigenvalue weighted by molar-refractivity contribution is 6.11. The van der Waals surface area contributed by atoms with Gasteiger partial charge >= 0.3 is 0 Å². The van der Waals surface area contributed by atoms with Crippen LogP contribution in [0.2, 0.25) is 0 Å². The Morgan fingerprint density at radius 1 is 0.427 bits per heavy atom. The summed E-state index contributed by atoms with van der Waals surface area (Å²) in [5.74, 6) is 1.85. The van der Waals surface area contributed by atoms with Gasteiger partial charge < -0.3 is 19.1 Å². The molecule has 0 amide bonds. The molecule has 0 fully saturated rings. The summed E-state index contributed by atoms with van der Waals surface area (Å²) in [7, 11) is 0. The SMILES string of the molecule is [2H]C([2H])([2H])c1cc(-n2c3ccccc3c3ccc(Oc4cccc(N5CN(c6cc(C(C)(C)C)cc(C(C)(C)C)c6)c6ccccc65)c4)cc32)ncc1-c1cccc(-c2ccc3c(c2)c2ccccc2n3-c2ccccc2)c1.